The van der Waals surface area contributed by atoms with Crippen LogP contribution in [0.2, 0.25) is 5.02 Å². The molecule has 1 fully saturated rings. The van der Waals surface area contributed by atoms with Crippen LogP contribution in [-0.2, 0) is 4.79 Å². The fourth-order valence-corrected chi connectivity index (χ4v) is 2.66. The molecule has 0 bridgehead atoms. The van der Waals surface area contributed by atoms with Crippen LogP contribution in [0.3, 0.4) is 0 Å². The number of benzene rings is 1. The molecule has 0 saturated carbocycles. The molecule has 1 aliphatic rings. The molecule has 0 aliphatic carbocycles. The Balaban J connectivity index is 2.12. The van der Waals surface area contributed by atoms with Crippen LogP contribution >= 0.6 is 11.6 Å². The highest BCUT2D eigenvalue weighted by Gasteiger charge is 2.29. The number of nitrogens with two attached hydrogens (primary N) is 1. The third-order valence-electron chi connectivity index (χ3n) is 3.43. The third-order valence-corrected chi connectivity index (χ3v) is 3.67. The summed E-state index contributed by atoms with van der Waals surface area (Å²) in [6, 6.07) is 4.94. The molecule has 120 valence electrons. The van der Waals surface area contributed by atoms with Gasteiger partial charge in [0.1, 0.15) is 12.4 Å². The number of carbonyl (C=O) groups excluding carboxylic acids is 2. The lowest BCUT2D eigenvalue weighted by Gasteiger charge is -2.19. The van der Waals surface area contributed by atoms with Crippen LogP contribution in [0.4, 0.5) is 0 Å². The maximum absolute atomic E-state index is 12.7. The van der Waals surface area contributed by atoms with E-state index in [1.165, 1.54) is 6.92 Å². The van der Waals surface area contributed by atoms with E-state index in [1.54, 1.807) is 23.1 Å². The van der Waals surface area contributed by atoms with Crippen molar-refractivity contribution in [1.29, 1.82) is 0 Å². The Morgan fingerprint density at radius 3 is 2.95 bits per heavy atom. The molecule has 1 saturated heterocycles. The third kappa shape index (κ3) is 4.11. The quantitative estimate of drug-likeness (QED) is 0.846. The highest BCUT2D eigenvalue weighted by atomic mass is 35.5. The van der Waals surface area contributed by atoms with Gasteiger partial charge in [-0.3, -0.25) is 9.59 Å². The number of hydrogen-bond donors (Lipinski definition) is 2. The standard InChI is InChI=1S/C15H20ClN3O3/c1-10(20)18-12-4-6-19(9-12)15(21)13-8-11(16)2-3-14(13)22-7-5-17/h2-3,8,12H,4-7,9,17H2,1H3,(H,18,20)/t12-/m0/s1. The highest BCUT2D eigenvalue weighted by molar-refractivity contribution is 6.31. The lowest BCUT2D eigenvalue weighted by molar-refractivity contribution is -0.119. The second-order valence-electron chi connectivity index (χ2n) is 5.21. The minimum absolute atomic E-state index is 0.00551. The smallest absolute Gasteiger partial charge is 0.257 e. The molecule has 3 N–H and O–H groups in total. The SMILES string of the molecule is CC(=O)N[C@H]1CCN(C(=O)c2cc(Cl)ccc2OCCN)C1. The van der Waals surface area contributed by atoms with Gasteiger partial charge in [0.15, 0.2) is 0 Å². The minimum atomic E-state index is -0.151. The van der Waals surface area contributed by atoms with E-state index >= 15 is 0 Å². The van der Waals surface area contributed by atoms with Crippen molar-refractivity contribution in [3.05, 3.63) is 28.8 Å². The summed E-state index contributed by atoms with van der Waals surface area (Å²) in [5.74, 6) is 0.235. The summed E-state index contributed by atoms with van der Waals surface area (Å²) in [6.07, 6.45) is 0.741. The fraction of sp³-hybridized carbons (Fsp3) is 0.467. The van der Waals surface area contributed by atoms with Crippen molar-refractivity contribution in [2.45, 2.75) is 19.4 Å². The van der Waals surface area contributed by atoms with Gasteiger partial charge < -0.3 is 20.7 Å². The number of carbonyl (C=O) groups is 2. The number of nitrogens with zero attached hydrogens (tertiary/aromatic N) is 1. The second-order valence-corrected chi connectivity index (χ2v) is 5.65. The number of rotatable bonds is 5. The summed E-state index contributed by atoms with van der Waals surface area (Å²) in [5.41, 5.74) is 5.85. The molecule has 0 unspecified atom stereocenters. The molecule has 0 aromatic heterocycles. The molecule has 1 heterocycles. The van der Waals surface area contributed by atoms with Crippen molar-refractivity contribution < 1.29 is 14.3 Å². The molecule has 1 aromatic rings. The van der Waals surface area contributed by atoms with Gasteiger partial charge in [0.2, 0.25) is 5.91 Å². The lowest BCUT2D eigenvalue weighted by Crippen LogP contribution is -2.37. The maximum Gasteiger partial charge on any atom is 0.257 e. The van der Waals surface area contributed by atoms with E-state index in [4.69, 9.17) is 22.1 Å². The number of likely N-dealkylation sites (tertiary alicyclic amines) is 1. The summed E-state index contributed by atoms with van der Waals surface area (Å²) in [6.45, 7) is 3.25. The summed E-state index contributed by atoms with van der Waals surface area (Å²) >= 11 is 5.99. The monoisotopic (exact) mass is 325 g/mol. The van der Waals surface area contributed by atoms with Gasteiger partial charge in [-0.25, -0.2) is 0 Å². The van der Waals surface area contributed by atoms with Crippen molar-refractivity contribution in [2.75, 3.05) is 26.2 Å². The molecule has 1 aliphatic heterocycles. The Bertz CT molecular complexity index is 565. The predicted octanol–water partition coefficient (Wildman–Crippen LogP) is 1.03. The Kier molecular flexibility index (Phi) is 5.63. The average Bonchev–Trinajstić information content (AvgIpc) is 2.92. The van der Waals surface area contributed by atoms with Crippen LogP contribution in [0.25, 0.3) is 0 Å². The second kappa shape index (κ2) is 7.47. The van der Waals surface area contributed by atoms with E-state index in [0.717, 1.165) is 6.42 Å². The molecule has 2 rings (SSSR count). The maximum atomic E-state index is 12.7. The number of amides is 2. The van der Waals surface area contributed by atoms with Gasteiger partial charge >= 0.3 is 0 Å². The van der Waals surface area contributed by atoms with E-state index in [9.17, 15) is 9.59 Å². The summed E-state index contributed by atoms with van der Waals surface area (Å²) in [5, 5.41) is 3.30. The van der Waals surface area contributed by atoms with Gasteiger partial charge in [0.05, 0.1) is 5.56 Å². The van der Waals surface area contributed by atoms with Crippen molar-refractivity contribution in [2.24, 2.45) is 5.73 Å². The van der Waals surface area contributed by atoms with Gasteiger partial charge in [-0.1, -0.05) is 11.6 Å². The Hall–Kier alpha value is -1.79. The van der Waals surface area contributed by atoms with Gasteiger partial charge in [-0.15, -0.1) is 0 Å². The van der Waals surface area contributed by atoms with E-state index in [-0.39, 0.29) is 17.9 Å². The van der Waals surface area contributed by atoms with E-state index in [1.807, 2.05) is 0 Å². The minimum Gasteiger partial charge on any atom is -0.491 e. The van der Waals surface area contributed by atoms with Gasteiger partial charge in [-0.2, -0.15) is 0 Å². The Labute approximate surface area is 134 Å². The molecule has 22 heavy (non-hydrogen) atoms. The van der Waals surface area contributed by atoms with Crippen LogP contribution in [0.1, 0.15) is 23.7 Å². The fourth-order valence-electron chi connectivity index (χ4n) is 2.48. The number of nitrogens with one attached hydrogen (secondary N) is 1. The predicted molar refractivity (Wildman–Crippen MR) is 84.1 cm³/mol. The zero-order chi connectivity index (χ0) is 16.1. The first-order valence-corrected chi connectivity index (χ1v) is 7.58. The first-order chi connectivity index (χ1) is 10.5. The van der Waals surface area contributed by atoms with Crippen LogP contribution in [-0.4, -0.2) is 49.0 Å². The Morgan fingerprint density at radius 1 is 1.50 bits per heavy atom. The molecular weight excluding hydrogens is 306 g/mol. The van der Waals surface area contributed by atoms with E-state index < -0.39 is 0 Å². The highest BCUT2D eigenvalue weighted by Crippen LogP contribution is 2.25. The summed E-state index contributed by atoms with van der Waals surface area (Å²) < 4.78 is 5.51. The van der Waals surface area contributed by atoms with Gasteiger partial charge in [0, 0.05) is 37.6 Å². The van der Waals surface area contributed by atoms with Crippen LogP contribution in [0.15, 0.2) is 18.2 Å². The zero-order valence-electron chi connectivity index (χ0n) is 12.5. The molecule has 6 nitrogen and oxygen atoms in total. The number of ether oxygens (including phenoxy) is 1. The van der Waals surface area contributed by atoms with Crippen molar-refractivity contribution in [3.63, 3.8) is 0 Å². The van der Waals surface area contributed by atoms with Crippen molar-refractivity contribution in [1.82, 2.24) is 10.2 Å². The van der Waals surface area contributed by atoms with Crippen LogP contribution < -0.4 is 15.8 Å². The van der Waals surface area contributed by atoms with Gasteiger partial charge in [0.25, 0.3) is 5.91 Å². The molecule has 0 spiro atoms. The normalized spacial score (nSPS) is 17.4. The van der Waals surface area contributed by atoms with Crippen molar-refractivity contribution >= 4 is 23.4 Å². The zero-order valence-corrected chi connectivity index (χ0v) is 13.2. The molecular formula is C15H20ClN3O3. The lowest BCUT2D eigenvalue weighted by atomic mass is 10.1. The average molecular weight is 326 g/mol. The first-order valence-electron chi connectivity index (χ1n) is 7.20. The molecule has 1 atom stereocenters. The van der Waals surface area contributed by atoms with E-state index in [2.05, 4.69) is 5.32 Å². The first kappa shape index (κ1) is 16.6. The van der Waals surface area contributed by atoms with Crippen LogP contribution in [0.5, 0.6) is 5.75 Å². The summed E-state index contributed by atoms with van der Waals surface area (Å²) in [4.78, 5) is 25.5. The number of halogens is 1. The van der Waals surface area contributed by atoms with Crippen molar-refractivity contribution in [3.8, 4) is 5.75 Å². The molecule has 1 aromatic carbocycles. The molecule has 7 heteroatoms. The van der Waals surface area contributed by atoms with Crippen LogP contribution in [0, 0.1) is 0 Å². The Morgan fingerprint density at radius 2 is 2.27 bits per heavy atom. The molecule has 2 amide bonds. The molecule has 0 radical (unpaired) electrons. The van der Waals surface area contributed by atoms with Gasteiger partial charge in [-0.05, 0) is 24.6 Å². The number of hydrogen-bond acceptors (Lipinski definition) is 4. The topological polar surface area (TPSA) is 84.7 Å². The summed E-state index contributed by atoms with van der Waals surface area (Å²) in [7, 11) is 0. The largest absolute Gasteiger partial charge is 0.491 e. The van der Waals surface area contributed by atoms with E-state index in [0.29, 0.717) is 42.6 Å².